The molecule has 0 aliphatic carbocycles. The molecule has 0 fully saturated rings. The normalized spacial score (nSPS) is 19.0. The minimum absolute atomic E-state index is 0.0418. The molecule has 5 N–H and O–H groups in total. The van der Waals surface area contributed by atoms with Crippen LogP contribution < -0.4 is 15.9 Å². The highest BCUT2D eigenvalue weighted by atomic mass is 16.6. The van der Waals surface area contributed by atoms with Crippen molar-refractivity contribution in [2.24, 2.45) is 0 Å². The average Bonchev–Trinajstić information content (AvgIpc) is 2.92. The first-order chi connectivity index (χ1) is 18.6. The summed E-state index contributed by atoms with van der Waals surface area (Å²) in [5.41, 5.74) is 6.41. The van der Waals surface area contributed by atoms with Crippen LogP contribution in [0.15, 0.2) is 45.3 Å². The maximum atomic E-state index is 13.0. The zero-order valence-electron chi connectivity index (χ0n) is 22.3. The number of pyridine rings is 1. The van der Waals surface area contributed by atoms with Gasteiger partial charge < -0.3 is 34.9 Å². The molecule has 2 aromatic heterocycles. The number of fused-ring (bicyclic) bond motifs is 2. The lowest BCUT2D eigenvalue weighted by Crippen LogP contribution is -2.51. The molecule has 1 aromatic carbocycles. The van der Waals surface area contributed by atoms with E-state index in [4.69, 9.17) is 19.6 Å². The number of rotatable bonds is 9. The van der Waals surface area contributed by atoms with Gasteiger partial charge in [-0.2, -0.15) is 0 Å². The number of hydrogen-bond donors (Lipinski definition) is 4. The molecule has 1 aliphatic rings. The van der Waals surface area contributed by atoms with Crippen LogP contribution in [0.25, 0.3) is 11.0 Å². The summed E-state index contributed by atoms with van der Waals surface area (Å²) in [7, 11) is 0. The molecule has 4 rings (SSSR count). The summed E-state index contributed by atoms with van der Waals surface area (Å²) >= 11 is 0. The lowest BCUT2D eigenvalue weighted by molar-refractivity contribution is -0.158. The van der Waals surface area contributed by atoms with E-state index in [1.165, 1.54) is 0 Å². The van der Waals surface area contributed by atoms with Crippen molar-refractivity contribution in [1.29, 1.82) is 0 Å². The van der Waals surface area contributed by atoms with Crippen LogP contribution in [0.4, 0.5) is 5.82 Å². The van der Waals surface area contributed by atoms with Crippen molar-refractivity contribution < 1.29 is 34.0 Å². The fraction of sp³-hybridized carbons (Fsp3) is 0.414. The number of anilines is 1. The number of aryl methyl sites for hydroxylation is 2. The summed E-state index contributed by atoms with van der Waals surface area (Å²) in [6.07, 6.45) is 4.20. The molecule has 3 aromatic rings. The minimum atomic E-state index is -1.04. The van der Waals surface area contributed by atoms with Crippen LogP contribution >= 0.6 is 0 Å². The molecule has 0 amide bonds. The summed E-state index contributed by atoms with van der Waals surface area (Å²) in [5, 5.41) is 30.4. The van der Waals surface area contributed by atoms with E-state index in [9.17, 15) is 24.9 Å². The maximum absolute atomic E-state index is 13.0. The van der Waals surface area contributed by atoms with Crippen molar-refractivity contribution in [3.63, 3.8) is 0 Å². The van der Waals surface area contributed by atoms with Crippen LogP contribution in [-0.2, 0) is 35.4 Å². The van der Waals surface area contributed by atoms with E-state index in [0.29, 0.717) is 47.5 Å². The van der Waals surface area contributed by atoms with Crippen molar-refractivity contribution >= 4 is 22.8 Å². The number of nitrogens with zero attached hydrogens (tertiary/aromatic N) is 1. The predicted octanol–water partition coefficient (Wildman–Crippen LogP) is 3.10. The highest BCUT2D eigenvalue weighted by molar-refractivity contribution is 5.91. The first kappa shape index (κ1) is 28.1. The third kappa shape index (κ3) is 5.62. The van der Waals surface area contributed by atoms with Crippen LogP contribution in [-0.4, -0.2) is 44.6 Å². The Balaban J connectivity index is 1.86. The first-order valence-corrected chi connectivity index (χ1v) is 12.9. The first-order valence-electron chi connectivity index (χ1n) is 12.9. The molecular weight excluding hydrogens is 504 g/mol. The smallest absolute Gasteiger partial charge is 0.333 e. The monoisotopic (exact) mass is 538 g/mol. The van der Waals surface area contributed by atoms with Gasteiger partial charge in [0.25, 0.3) is 0 Å². The number of ether oxygens (including phenoxy) is 2. The third-order valence-electron chi connectivity index (χ3n) is 7.25. The van der Waals surface area contributed by atoms with E-state index in [1.54, 1.807) is 32.2 Å². The van der Waals surface area contributed by atoms with Crippen molar-refractivity contribution in [1.82, 2.24) is 4.98 Å². The Morgan fingerprint density at radius 3 is 2.72 bits per heavy atom. The Hall–Kier alpha value is -3.89. The highest BCUT2D eigenvalue weighted by Gasteiger charge is 2.46. The summed E-state index contributed by atoms with van der Waals surface area (Å²) in [6.45, 7) is 4.60. The molecule has 10 nitrogen and oxygen atoms in total. The van der Waals surface area contributed by atoms with Crippen molar-refractivity contribution in [3.8, 4) is 11.5 Å². The fourth-order valence-corrected chi connectivity index (χ4v) is 4.79. The zero-order valence-corrected chi connectivity index (χ0v) is 22.3. The standard InChI is InChI=1S/C29H34N2O8/c1-4-16(2)28(36)38-22-13-20-25(35)24-21(34)12-18(15-33)37-27(24)19(6-5-11-32)26(20)39-29(22,3)10-9-17-7-8-23(30)31-14-17/h4,7-8,12,14,22,32-33,35H,5-6,9-11,13,15H2,1-3H3,(H2,30,31)/b16-4-/t22-,29+/m1/s1. The van der Waals surface area contributed by atoms with Gasteiger partial charge in [0.15, 0.2) is 5.43 Å². The number of aliphatic hydroxyl groups is 2. The number of phenolic OH excluding ortho intramolecular Hbond substituents is 1. The number of nitrogens with two attached hydrogens (primary N) is 1. The number of aromatic hydroxyl groups is 1. The molecule has 3 heterocycles. The summed E-state index contributed by atoms with van der Waals surface area (Å²) in [4.78, 5) is 29.9. The van der Waals surface area contributed by atoms with E-state index in [2.05, 4.69) is 4.98 Å². The quantitative estimate of drug-likeness (QED) is 0.235. The van der Waals surface area contributed by atoms with Gasteiger partial charge in [0.2, 0.25) is 0 Å². The lowest BCUT2D eigenvalue weighted by Gasteiger charge is -2.43. The van der Waals surface area contributed by atoms with Crippen LogP contribution in [0.5, 0.6) is 11.5 Å². The number of nitrogen functional groups attached to an aromatic ring is 1. The SMILES string of the molecule is C/C=C(/C)C(=O)O[C@@H]1Cc2c(c(CCCO)c3oc(CO)cc(=O)c3c2O)O[C@@]1(C)CCc1ccc(N)nc1. The van der Waals surface area contributed by atoms with Gasteiger partial charge in [-0.15, -0.1) is 0 Å². The van der Waals surface area contributed by atoms with Gasteiger partial charge in [-0.25, -0.2) is 9.78 Å². The zero-order chi connectivity index (χ0) is 28.3. The molecule has 0 unspecified atom stereocenters. The van der Waals surface area contributed by atoms with E-state index < -0.39 is 29.7 Å². The number of carbonyl (C=O) groups excluding carboxylic acids is 1. The number of aromatic nitrogens is 1. The van der Waals surface area contributed by atoms with Crippen LogP contribution in [0.2, 0.25) is 0 Å². The second-order valence-electron chi connectivity index (χ2n) is 9.98. The number of phenols is 1. The van der Waals surface area contributed by atoms with Crippen LogP contribution in [0, 0.1) is 0 Å². The number of hydrogen-bond acceptors (Lipinski definition) is 10. The van der Waals surface area contributed by atoms with Crippen LogP contribution in [0.1, 0.15) is 56.1 Å². The lowest BCUT2D eigenvalue weighted by atomic mass is 9.82. The Morgan fingerprint density at radius 1 is 1.31 bits per heavy atom. The second-order valence-corrected chi connectivity index (χ2v) is 9.98. The highest BCUT2D eigenvalue weighted by Crippen LogP contribution is 2.47. The summed E-state index contributed by atoms with van der Waals surface area (Å²) in [6, 6.07) is 4.70. The van der Waals surface area contributed by atoms with Crippen LogP contribution in [0.3, 0.4) is 0 Å². The van der Waals surface area contributed by atoms with Gasteiger partial charge >= 0.3 is 5.97 Å². The maximum Gasteiger partial charge on any atom is 0.333 e. The van der Waals surface area contributed by atoms with Gasteiger partial charge in [-0.05, 0) is 58.1 Å². The van der Waals surface area contributed by atoms with E-state index >= 15 is 0 Å². The van der Waals surface area contributed by atoms with E-state index in [1.807, 2.05) is 13.0 Å². The number of allylic oxidation sites excluding steroid dienone is 1. The molecule has 208 valence electrons. The van der Waals surface area contributed by atoms with Gasteiger partial charge in [0, 0.05) is 42.0 Å². The third-order valence-corrected chi connectivity index (χ3v) is 7.25. The topological polar surface area (TPSA) is 165 Å². The fourth-order valence-electron chi connectivity index (χ4n) is 4.79. The molecule has 10 heteroatoms. The molecule has 0 saturated carbocycles. The molecule has 1 aliphatic heterocycles. The Bertz CT molecular complexity index is 1460. The minimum Gasteiger partial charge on any atom is -0.507 e. The summed E-state index contributed by atoms with van der Waals surface area (Å²) in [5.74, 6) is -0.0664. The average molecular weight is 539 g/mol. The summed E-state index contributed by atoms with van der Waals surface area (Å²) < 4.78 is 18.4. The van der Waals surface area contributed by atoms with Gasteiger partial charge in [0.05, 0.1) is 0 Å². The molecular formula is C29H34N2O8. The predicted molar refractivity (Wildman–Crippen MR) is 144 cm³/mol. The van der Waals surface area contributed by atoms with E-state index in [-0.39, 0.29) is 41.9 Å². The van der Waals surface area contributed by atoms with Gasteiger partial charge in [0.1, 0.15) is 52.4 Å². The number of aliphatic hydroxyl groups excluding tert-OH is 2. The van der Waals surface area contributed by atoms with E-state index in [0.717, 1.165) is 11.6 Å². The van der Waals surface area contributed by atoms with Crippen molar-refractivity contribution in [2.75, 3.05) is 12.3 Å². The molecule has 0 radical (unpaired) electrons. The van der Waals surface area contributed by atoms with Crippen molar-refractivity contribution in [3.05, 3.63) is 68.7 Å². The number of carbonyl (C=O) groups is 1. The van der Waals surface area contributed by atoms with Gasteiger partial charge in [-0.3, -0.25) is 4.79 Å². The number of benzene rings is 1. The Labute approximate surface area is 225 Å². The molecule has 2 atom stereocenters. The second kappa shape index (κ2) is 11.5. The number of esters is 1. The molecule has 0 saturated heterocycles. The largest absolute Gasteiger partial charge is 0.507 e. The Morgan fingerprint density at radius 2 is 2.08 bits per heavy atom. The molecule has 0 spiro atoms. The van der Waals surface area contributed by atoms with Gasteiger partial charge in [-0.1, -0.05) is 12.1 Å². The molecule has 39 heavy (non-hydrogen) atoms. The Kier molecular flexibility index (Phi) is 8.27. The van der Waals surface area contributed by atoms with Crippen molar-refractivity contribution in [2.45, 2.75) is 71.2 Å². The molecule has 0 bridgehead atoms.